The summed E-state index contributed by atoms with van der Waals surface area (Å²) in [7, 11) is 0. The van der Waals surface area contributed by atoms with Gasteiger partial charge in [-0.2, -0.15) is 5.10 Å². The number of hydrogen-bond acceptors (Lipinski definition) is 5. The molecule has 0 radical (unpaired) electrons. The van der Waals surface area contributed by atoms with Gasteiger partial charge in [0.2, 0.25) is 0 Å². The number of hydrogen-bond donors (Lipinski definition) is 0. The fraction of sp³-hybridized carbons (Fsp3) is 0.375. The Bertz CT molecular complexity index is 759. The topological polar surface area (TPSA) is 59.7 Å². The number of para-hydroxylation sites is 1. The van der Waals surface area contributed by atoms with Crippen LogP contribution < -0.4 is 4.90 Å². The maximum Gasteiger partial charge on any atom is 0.190 e. The van der Waals surface area contributed by atoms with Crippen molar-refractivity contribution in [3.63, 3.8) is 0 Å². The average molecular weight is 294 g/mol. The summed E-state index contributed by atoms with van der Waals surface area (Å²) in [6.45, 7) is 2.06. The molecule has 0 N–H and O–H groups in total. The summed E-state index contributed by atoms with van der Waals surface area (Å²) in [5.41, 5.74) is 1.75. The van der Waals surface area contributed by atoms with E-state index in [0.717, 1.165) is 35.6 Å². The molecule has 0 amide bonds. The van der Waals surface area contributed by atoms with Crippen LogP contribution >= 0.6 is 0 Å². The number of fused-ring (bicyclic) bond motifs is 1. The van der Waals surface area contributed by atoms with E-state index in [2.05, 4.69) is 25.4 Å². The smallest absolute Gasteiger partial charge is 0.190 e. The molecule has 22 heavy (non-hydrogen) atoms. The van der Waals surface area contributed by atoms with E-state index < -0.39 is 0 Å². The Morgan fingerprint density at radius 1 is 0.864 bits per heavy atom. The quantitative estimate of drug-likeness (QED) is 0.727. The largest absolute Gasteiger partial charge is 0.354 e. The van der Waals surface area contributed by atoms with Crippen molar-refractivity contribution >= 4 is 16.9 Å². The van der Waals surface area contributed by atoms with Gasteiger partial charge in [-0.25, -0.2) is 4.68 Å². The molecule has 3 heterocycles. The van der Waals surface area contributed by atoms with Gasteiger partial charge in [0.1, 0.15) is 0 Å². The van der Waals surface area contributed by atoms with Crippen LogP contribution in [0.5, 0.6) is 0 Å². The second-order valence-corrected chi connectivity index (χ2v) is 5.64. The molecule has 0 aliphatic carbocycles. The zero-order valence-corrected chi connectivity index (χ0v) is 12.4. The highest BCUT2D eigenvalue weighted by Crippen LogP contribution is 2.25. The molecule has 1 aromatic carbocycles. The van der Waals surface area contributed by atoms with Crippen LogP contribution in [0.1, 0.15) is 25.7 Å². The SMILES string of the molecule is c1ccc(-n2ncc3c(N4CCCCCC4)nnnc32)cc1. The van der Waals surface area contributed by atoms with E-state index in [1.165, 1.54) is 25.7 Å². The van der Waals surface area contributed by atoms with Gasteiger partial charge in [0.25, 0.3) is 0 Å². The van der Waals surface area contributed by atoms with Crippen LogP contribution in [0.2, 0.25) is 0 Å². The van der Waals surface area contributed by atoms with Crippen molar-refractivity contribution in [3.05, 3.63) is 36.5 Å². The molecule has 0 unspecified atom stereocenters. The minimum Gasteiger partial charge on any atom is -0.354 e. The molecule has 0 saturated carbocycles. The molecule has 2 aromatic heterocycles. The maximum atomic E-state index is 4.49. The number of rotatable bonds is 2. The third-order valence-corrected chi connectivity index (χ3v) is 4.17. The Hall–Kier alpha value is -2.50. The lowest BCUT2D eigenvalue weighted by Crippen LogP contribution is -2.25. The van der Waals surface area contributed by atoms with Crippen molar-refractivity contribution in [2.45, 2.75) is 25.7 Å². The van der Waals surface area contributed by atoms with E-state index in [4.69, 9.17) is 0 Å². The first-order valence-electron chi connectivity index (χ1n) is 7.81. The van der Waals surface area contributed by atoms with Gasteiger partial charge in [-0.1, -0.05) is 31.0 Å². The molecule has 4 rings (SSSR count). The molecule has 1 aliphatic rings. The Morgan fingerprint density at radius 2 is 1.64 bits per heavy atom. The number of anilines is 1. The van der Waals surface area contributed by atoms with E-state index in [0.29, 0.717) is 0 Å². The van der Waals surface area contributed by atoms with Gasteiger partial charge < -0.3 is 4.90 Å². The summed E-state index contributed by atoms with van der Waals surface area (Å²) in [6.07, 6.45) is 6.85. The van der Waals surface area contributed by atoms with Crippen LogP contribution in [-0.2, 0) is 0 Å². The molecule has 1 fully saturated rings. The molecule has 6 nitrogen and oxygen atoms in total. The Morgan fingerprint density at radius 3 is 2.41 bits per heavy atom. The summed E-state index contributed by atoms with van der Waals surface area (Å²) < 4.78 is 1.82. The van der Waals surface area contributed by atoms with Crippen molar-refractivity contribution in [2.75, 3.05) is 18.0 Å². The normalized spacial score (nSPS) is 15.9. The number of nitrogens with zero attached hydrogens (tertiary/aromatic N) is 6. The van der Waals surface area contributed by atoms with E-state index in [-0.39, 0.29) is 0 Å². The van der Waals surface area contributed by atoms with Crippen LogP contribution in [0.3, 0.4) is 0 Å². The number of aromatic nitrogens is 5. The minimum atomic E-state index is 0.764. The van der Waals surface area contributed by atoms with Gasteiger partial charge in [0, 0.05) is 13.1 Å². The van der Waals surface area contributed by atoms with Crippen LogP contribution in [0.25, 0.3) is 16.7 Å². The lowest BCUT2D eigenvalue weighted by atomic mass is 10.2. The lowest BCUT2D eigenvalue weighted by Gasteiger charge is -2.20. The van der Waals surface area contributed by atoms with E-state index in [1.54, 1.807) is 0 Å². The van der Waals surface area contributed by atoms with E-state index >= 15 is 0 Å². The van der Waals surface area contributed by atoms with E-state index in [1.807, 2.05) is 41.2 Å². The summed E-state index contributed by atoms with van der Waals surface area (Å²) in [5.74, 6) is 0.911. The predicted molar refractivity (Wildman–Crippen MR) is 85.1 cm³/mol. The van der Waals surface area contributed by atoms with Gasteiger partial charge in [0.15, 0.2) is 11.5 Å². The van der Waals surface area contributed by atoms with Gasteiger partial charge in [-0.05, 0) is 30.2 Å². The lowest BCUT2D eigenvalue weighted by molar-refractivity contribution is 0.726. The van der Waals surface area contributed by atoms with Crippen molar-refractivity contribution in [3.8, 4) is 5.69 Å². The summed E-state index contributed by atoms with van der Waals surface area (Å²) in [5, 5.41) is 17.9. The second kappa shape index (κ2) is 5.71. The molecular weight excluding hydrogens is 276 g/mol. The molecule has 0 spiro atoms. The fourth-order valence-corrected chi connectivity index (χ4v) is 3.03. The molecule has 0 atom stereocenters. The van der Waals surface area contributed by atoms with Crippen molar-refractivity contribution in [1.82, 2.24) is 25.2 Å². The standard InChI is InChI=1S/C16H18N6/c1-2-7-11-21(10-6-1)15-14-12-17-22(16(14)19-20-18-15)13-8-4-3-5-9-13/h3-5,8-9,12H,1-2,6-7,10-11H2. The molecule has 112 valence electrons. The minimum absolute atomic E-state index is 0.764. The zero-order chi connectivity index (χ0) is 14.8. The van der Waals surface area contributed by atoms with Crippen molar-refractivity contribution < 1.29 is 0 Å². The van der Waals surface area contributed by atoms with Crippen LogP contribution in [0.15, 0.2) is 36.5 Å². The first-order valence-corrected chi connectivity index (χ1v) is 7.81. The molecule has 1 aliphatic heterocycles. The summed E-state index contributed by atoms with van der Waals surface area (Å²) in [6, 6.07) is 10.0. The van der Waals surface area contributed by atoms with Gasteiger partial charge >= 0.3 is 0 Å². The summed E-state index contributed by atoms with van der Waals surface area (Å²) >= 11 is 0. The van der Waals surface area contributed by atoms with Crippen LogP contribution in [0.4, 0.5) is 5.82 Å². The third kappa shape index (κ3) is 2.30. The first-order chi connectivity index (χ1) is 10.9. The van der Waals surface area contributed by atoms with Gasteiger partial charge in [0.05, 0.1) is 17.3 Å². The highest BCUT2D eigenvalue weighted by atomic mass is 15.4. The number of benzene rings is 1. The van der Waals surface area contributed by atoms with Gasteiger partial charge in [-0.15, -0.1) is 10.2 Å². The Labute approximate surface area is 128 Å². The highest BCUT2D eigenvalue weighted by molar-refractivity contribution is 5.87. The molecular formula is C16H18N6. The Balaban J connectivity index is 1.80. The van der Waals surface area contributed by atoms with Crippen LogP contribution in [-0.4, -0.2) is 38.3 Å². The second-order valence-electron chi connectivity index (χ2n) is 5.64. The average Bonchev–Trinajstić information content (AvgIpc) is 2.82. The zero-order valence-electron chi connectivity index (χ0n) is 12.4. The molecule has 3 aromatic rings. The highest BCUT2D eigenvalue weighted by Gasteiger charge is 2.18. The molecule has 6 heteroatoms. The van der Waals surface area contributed by atoms with Crippen LogP contribution in [0, 0.1) is 0 Å². The Kier molecular flexibility index (Phi) is 3.42. The predicted octanol–water partition coefficient (Wildman–Crippen LogP) is 2.59. The fourth-order valence-electron chi connectivity index (χ4n) is 3.03. The molecule has 1 saturated heterocycles. The van der Waals surface area contributed by atoms with Crippen molar-refractivity contribution in [2.24, 2.45) is 0 Å². The first kappa shape index (κ1) is 13.2. The maximum absolute atomic E-state index is 4.49. The van der Waals surface area contributed by atoms with Crippen molar-refractivity contribution in [1.29, 1.82) is 0 Å². The van der Waals surface area contributed by atoms with Gasteiger partial charge in [-0.3, -0.25) is 0 Å². The monoisotopic (exact) mass is 294 g/mol. The van der Waals surface area contributed by atoms with E-state index in [9.17, 15) is 0 Å². The molecule has 0 bridgehead atoms. The summed E-state index contributed by atoms with van der Waals surface area (Å²) in [4.78, 5) is 2.32. The third-order valence-electron chi connectivity index (χ3n) is 4.17.